The fourth-order valence-electron chi connectivity index (χ4n) is 3.57. The fraction of sp³-hybridized carbons (Fsp3) is 0.545. The zero-order valence-electron chi connectivity index (χ0n) is 17.4. The summed E-state index contributed by atoms with van der Waals surface area (Å²) in [6.45, 7) is 8.62. The Bertz CT molecular complexity index is 755. The van der Waals surface area contributed by atoms with Crippen molar-refractivity contribution in [1.82, 2.24) is 20.5 Å². The highest BCUT2D eigenvalue weighted by Crippen LogP contribution is 2.14. The maximum Gasteiger partial charge on any atom is 0.214 e. The summed E-state index contributed by atoms with van der Waals surface area (Å²) in [6, 6.07) is 8.84. The monoisotopic (exact) mass is 383 g/mol. The number of aliphatic imine (C=N–C) groups is 1. The second-order valence-corrected chi connectivity index (χ2v) is 7.54. The van der Waals surface area contributed by atoms with Crippen LogP contribution in [0, 0.1) is 13.8 Å². The zero-order valence-corrected chi connectivity index (χ0v) is 17.4. The summed E-state index contributed by atoms with van der Waals surface area (Å²) in [5.41, 5.74) is 3.58. The Morgan fingerprint density at radius 2 is 1.79 bits per heavy atom. The van der Waals surface area contributed by atoms with Crippen LogP contribution in [0.25, 0.3) is 0 Å². The minimum absolute atomic E-state index is 0.517. The first-order chi connectivity index (χ1) is 13.6. The smallest absolute Gasteiger partial charge is 0.214 e. The van der Waals surface area contributed by atoms with Gasteiger partial charge in [0.05, 0.1) is 12.2 Å². The predicted octanol–water partition coefficient (Wildman–Crippen LogP) is 3.53. The first-order valence-corrected chi connectivity index (χ1v) is 10.3. The van der Waals surface area contributed by atoms with E-state index in [1.54, 1.807) is 7.05 Å². The van der Waals surface area contributed by atoms with Crippen LogP contribution in [0.15, 0.2) is 33.7 Å². The van der Waals surface area contributed by atoms with E-state index in [-0.39, 0.29) is 0 Å². The summed E-state index contributed by atoms with van der Waals surface area (Å²) in [5.74, 6) is 2.28. The van der Waals surface area contributed by atoms with E-state index in [2.05, 4.69) is 49.8 Å². The van der Waals surface area contributed by atoms with Gasteiger partial charge >= 0.3 is 0 Å². The third-order valence-corrected chi connectivity index (χ3v) is 5.26. The molecule has 1 aliphatic heterocycles. The molecule has 0 radical (unpaired) electrons. The molecule has 0 bridgehead atoms. The molecule has 0 amide bonds. The van der Waals surface area contributed by atoms with E-state index in [0.717, 1.165) is 30.5 Å². The van der Waals surface area contributed by atoms with Gasteiger partial charge in [-0.1, -0.05) is 37.1 Å². The molecule has 152 valence electrons. The third kappa shape index (κ3) is 6.09. The Kier molecular flexibility index (Phi) is 7.48. The maximum atomic E-state index is 5.61. The Morgan fingerprint density at radius 3 is 2.46 bits per heavy atom. The first kappa shape index (κ1) is 20.4. The summed E-state index contributed by atoms with van der Waals surface area (Å²) in [7, 11) is 1.77. The quantitative estimate of drug-likeness (QED) is 0.590. The molecule has 1 aromatic heterocycles. The van der Waals surface area contributed by atoms with Crippen molar-refractivity contribution in [2.24, 2.45) is 4.99 Å². The summed E-state index contributed by atoms with van der Waals surface area (Å²) in [6.07, 6.45) is 5.40. The van der Waals surface area contributed by atoms with Crippen LogP contribution in [-0.4, -0.2) is 36.0 Å². The van der Waals surface area contributed by atoms with E-state index >= 15 is 0 Å². The van der Waals surface area contributed by atoms with Crippen LogP contribution < -0.4 is 10.6 Å². The molecule has 28 heavy (non-hydrogen) atoms. The van der Waals surface area contributed by atoms with Gasteiger partial charge < -0.3 is 15.1 Å². The van der Waals surface area contributed by atoms with Gasteiger partial charge in [-0.2, -0.15) is 0 Å². The number of hydrogen-bond donors (Lipinski definition) is 2. The number of aryl methyl sites for hydroxylation is 2. The van der Waals surface area contributed by atoms with Gasteiger partial charge in [-0.15, -0.1) is 0 Å². The van der Waals surface area contributed by atoms with Gasteiger partial charge in [0.1, 0.15) is 5.76 Å². The molecule has 1 aromatic carbocycles. The van der Waals surface area contributed by atoms with E-state index in [9.17, 15) is 0 Å². The Morgan fingerprint density at radius 1 is 1.07 bits per heavy atom. The highest BCUT2D eigenvalue weighted by Gasteiger charge is 2.10. The SMILES string of the molecule is CN=C(NCc1cccc(CN2CCCCCC2)c1)NCc1nc(C)c(C)o1. The summed E-state index contributed by atoms with van der Waals surface area (Å²) >= 11 is 0. The molecule has 1 aliphatic rings. The lowest BCUT2D eigenvalue weighted by molar-refractivity contribution is 0.277. The molecular formula is C22H33N5O. The lowest BCUT2D eigenvalue weighted by Gasteiger charge is -2.20. The average Bonchev–Trinajstić information content (AvgIpc) is 2.87. The van der Waals surface area contributed by atoms with Crippen molar-refractivity contribution < 1.29 is 4.42 Å². The number of benzene rings is 1. The summed E-state index contributed by atoms with van der Waals surface area (Å²) in [4.78, 5) is 11.3. The van der Waals surface area contributed by atoms with Crippen LogP contribution in [0.4, 0.5) is 0 Å². The van der Waals surface area contributed by atoms with Crippen LogP contribution >= 0.6 is 0 Å². The molecule has 2 aromatic rings. The van der Waals surface area contributed by atoms with Crippen molar-refractivity contribution in [1.29, 1.82) is 0 Å². The number of aromatic nitrogens is 1. The van der Waals surface area contributed by atoms with Crippen molar-refractivity contribution in [2.45, 2.75) is 59.2 Å². The van der Waals surface area contributed by atoms with E-state index < -0.39 is 0 Å². The van der Waals surface area contributed by atoms with Crippen LogP contribution in [0.3, 0.4) is 0 Å². The highest BCUT2D eigenvalue weighted by molar-refractivity contribution is 5.79. The minimum Gasteiger partial charge on any atom is -0.444 e. The molecule has 0 spiro atoms. The van der Waals surface area contributed by atoms with Gasteiger partial charge in [0.25, 0.3) is 0 Å². The molecule has 1 fully saturated rings. The lowest BCUT2D eigenvalue weighted by Crippen LogP contribution is -2.36. The predicted molar refractivity (Wildman–Crippen MR) is 113 cm³/mol. The normalized spacial score (nSPS) is 16.0. The molecular weight excluding hydrogens is 350 g/mol. The summed E-state index contributed by atoms with van der Waals surface area (Å²) < 4.78 is 5.61. The number of nitrogens with zero attached hydrogens (tertiary/aromatic N) is 3. The molecule has 0 atom stereocenters. The molecule has 0 saturated carbocycles. The van der Waals surface area contributed by atoms with Gasteiger partial charge in [-0.25, -0.2) is 4.98 Å². The standard InChI is InChI=1S/C22H33N5O/c1-17-18(2)28-21(26-17)15-25-22(23-3)24-14-19-9-8-10-20(13-19)16-27-11-6-4-5-7-12-27/h8-10,13H,4-7,11-12,14-16H2,1-3H3,(H2,23,24,25). The molecule has 2 N–H and O–H groups in total. The highest BCUT2D eigenvalue weighted by atomic mass is 16.4. The number of oxazole rings is 1. The van der Waals surface area contributed by atoms with E-state index in [1.807, 2.05) is 13.8 Å². The first-order valence-electron chi connectivity index (χ1n) is 10.3. The number of rotatable bonds is 6. The zero-order chi connectivity index (χ0) is 19.8. The number of guanidine groups is 1. The second-order valence-electron chi connectivity index (χ2n) is 7.54. The molecule has 6 nitrogen and oxygen atoms in total. The summed E-state index contributed by atoms with van der Waals surface area (Å²) in [5, 5.41) is 6.63. The van der Waals surface area contributed by atoms with Gasteiger partial charge in [0.15, 0.2) is 5.96 Å². The fourth-order valence-corrected chi connectivity index (χ4v) is 3.57. The number of nitrogens with one attached hydrogen (secondary N) is 2. The molecule has 0 aliphatic carbocycles. The maximum absolute atomic E-state index is 5.61. The average molecular weight is 384 g/mol. The molecule has 6 heteroatoms. The minimum atomic E-state index is 0.517. The second kappa shape index (κ2) is 10.3. The Hall–Kier alpha value is -2.34. The van der Waals surface area contributed by atoms with Gasteiger partial charge in [-0.05, 0) is 50.9 Å². The molecule has 3 rings (SSSR count). The number of likely N-dealkylation sites (tertiary alicyclic amines) is 1. The van der Waals surface area contributed by atoms with Gasteiger partial charge in [0, 0.05) is 20.1 Å². The third-order valence-electron chi connectivity index (χ3n) is 5.26. The molecule has 1 saturated heterocycles. The van der Waals surface area contributed by atoms with E-state index in [0.29, 0.717) is 12.4 Å². The largest absolute Gasteiger partial charge is 0.444 e. The number of hydrogen-bond acceptors (Lipinski definition) is 4. The molecule has 0 unspecified atom stereocenters. The van der Waals surface area contributed by atoms with E-state index in [4.69, 9.17) is 4.42 Å². The van der Waals surface area contributed by atoms with Crippen molar-refractivity contribution >= 4 is 5.96 Å². The van der Waals surface area contributed by atoms with Gasteiger partial charge in [0.2, 0.25) is 5.89 Å². The van der Waals surface area contributed by atoms with Crippen LogP contribution in [0.1, 0.15) is 54.2 Å². The topological polar surface area (TPSA) is 65.7 Å². The van der Waals surface area contributed by atoms with Crippen LogP contribution in [-0.2, 0) is 19.6 Å². The van der Waals surface area contributed by atoms with Crippen molar-refractivity contribution in [3.05, 3.63) is 52.7 Å². The van der Waals surface area contributed by atoms with Crippen molar-refractivity contribution in [2.75, 3.05) is 20.1 Å². The lowest BCUT2D eigenvalue weighted by atomic mass is 10.1. The van der Waals surface area contributed by atoms with Gasteiger partial charge in [-0.3, -0.25) is 9.89 Å². The van der Waals surface area contributed by atoms with E-state index in [1.165, 1.54) is 49.9 Å². The Labute approximate surface area is 168 Å². The van der Waals surface area contributed by atoms with Crippen molar-refractivity contribution in [3.8, 4) is 0 Å². The van der Waals surface area contributed by atoms with Crippen molar-refractivity contribution in [3.63, 3.8) is 0 Å². The Balaban J connectivity index is 1.49. The molecule has 2 heterocycles. The van der Waals surface area contributed by atoms with Crippen LogP contribution in [0.5, 0.6) is 0 Å². The van der Waals surface area contributed by atoms with Crippen LogP contribution in [0.2, 0.25) is 0 Å².